The highest BCUT2D eigenvalue weighted by molar-refractivity contribution is 7.89. The Morgan fingerprint density at radius 3 is 2.62 bits per heavy atom. The smallest absolute Gasteiger partial charge is 0.337 e. The number of carbonyl (C=O) groups is 1. The van der Waals surface area contributed by atoms with Crippen molar-refractivity contribution in [2.24, 2.45) is 11.7 Å². The van der Waals surface area contributed by atoms with Crippen molar-refractivity contribution in [3.05, 3.63) is 27.7 Å². The molecule has 1 saturated heterocycles. The highest BCUT2D eigenvalue weighted by Gasteiger charge is 2.34. The molecule has 1 unspecified atom stereocenters. The molecule has 0 radical (unpaired) electrons. The predicted octanol–water partition coefficient (Wildman–Crippen LogP) is 1.66. The molecule has 0 aliphatic carbocycles. The summed E-state index contributed by atoms with van der Waals surface area (Å²) in [5, 5.41) is 8.73. The van der Waals surface area contributed by atoms with E-state index in [1.807, 2.05) is 0 Å². The average Bonchev–Trinajstić information content (AvgIpc) is 2.90. The van der Waals surface area contributed by atoms with Crippen molar-refractivity contribution < 1.29 is 18.3 Å². The van der Waals surface area contributed by atoms with Gasteiger partial charge in [0.1, 0.15) is 4.90 Å². The molecule has 0 bridgehead atoms. The van der Waals surface area contributed by atoms with Crippen molar-refractivity contribution >= 4 is 39.2 Å². The van der Waals surface area contributed by atoms with Crippen LogP contribution in [0.25, 0.3) is 0 Å². The van der Waals surface area contributed by atoms with E-state index >= 15 is 0 Å². The van der Waals surface area contributed by atoms with Crippen LogP contribution in [0, 0.1) is 5.92 Å². The van der Waals surface area contributed by atoms with Gasteiger partial charge in [0.05, 0.1) is 10.6 Å². The summed E-state index contributed by atoms with van der Waals surface area (Å²) in [6.07, 6.45) is 0.666. The lowest BCUT2D eigenvalue weighted by molar-refractivity contribution is 0.0697. The van der Waals surface area contributed by atoms with Gasteiger partial charge < -0.3 is 10.8 Å². The van der Waals surface area contributed by atoms with Crippen molar-refractivity contribution in [1.29, 1.82) is 0 Å². The molecule has 1 aromatic rings. The molecule has 1 aromatic carbocycles. The van der Waals surface area contributed by atoms with Crippen molar-refractivity contribution in [3.63, 3.8) is 0 Å². The van der Waals surface area contributed by atoms with Crippen LogP contribution in [0.5, 0.6) is 0 Å². The topological polar surface area (TPSA) is 101 Å². The number of sulfonamides is 1. The number of benzene rings is 1. The number of nitrogens with two attached hydrogens (primary N) is 1. The van der Waals surface area contributed by atoms with Crippen molar-refractivity contribution in [1.82, 2.24) is 4.31 Å². The fraction of sp³-hybridized carbons (Fsp3) is 0.417. The summed E-state index contributed by atoms with van der Waals surface area (Å²) in [5.74, 6) is -1.24. The first-order valence-corrected chi connectivity index (χ1v) is 8.39. The van der Waals surface area contributed by atoms with Crippen LogP contribution in [0.2, 0.25) is 10.0 Å². The summed E-state index contributed by atoms with van der Waals surface area (Å²) in [6.45, 7) is 1.02. The molecule has 1 atom stereocenters. The maximum Gasteiger partial charge on any atom is 0.337 e. The Balaban J connectivity index is 2.48. The molecule has 1 fully saturated rings. The summed E-state index contributed by atoms with van der Waals surface area (Å²) >= 11 is 11.7. The van der Waals surface area contributed by atoms with E-state index in [0.29, 0.717) is 26.1 Å². The first kappa shape index (κ1) is 16.5. The molecule has 2 rings (SSSR count). The minimum absolute atomic E-state index is 0.00458. The number of halogens is 2. The van der Waals surface area contributed by atoms with E-state index in [0.717, 1.165) is 6.07 Å². The van der Waals surface area contributed by atoms with Gasteiger partial charge in [-0.2, -0.15) is 4.31 Å². The normalized spacial score (nSPS) is 19.9. The van der Waals surface area contributed by atoms with Gasteiger partial charge in [-0.15, -0.1) is 0 Å². The van der Waals surface area contributed by atoms with Gasteiger partial charge in [-0.05, 0) is 31.0 Å². The van der Waals surface area contributed by atoms with Crippen LogP contribution in [0.4, 0.5) is 0 Å². The summed E-state index contributed by atoms with van der Waals surface area (Å²) in [7, 11) is -3.89. The molecule has 3 N–H and O–H groups in total. The standard InChI is InChI=1S/C12H14Cl2N2O4S/c13-8-3-9(12(17)18)11(14)10(4-8)21(19,20)16-2-1-7(5-15)6-16/h3-4,7H,1-2,5-6,15H2,(H,17,18). The van der Waals surface area contributed by atoms with Gasteiger partial charge >= 0.3 is 5.97 Å². The molecular formula is C12H14Cl2N2O4S. The van der Waals surface area contributed by atoms with Gasteiger partial charge in [-0.3, -0.25) is 0 Å². The second-order valence-corrected chi connectivity index (χ2v) is 7.54. The Morgan fingerprint density at radius 1 is 1.43 bits per heavy atom. The van der Waals surface area contributed by atoms with E-state index in [-0.39, 0.29) is 26.4 Å². The molecular weight excluding hydrogens is 339 g/mol. The predicted molar refractivity (Wildman–Crippen MR) is 79.3 cm³/mol. The third-order valence-corrected chi connectivity index (χ3v) is 6.06. The molecule has 1 aliphatic rings. The SMILES string of the molecule is NCC1CCN(S(=O)(=O)c2cc(Cl)cc(C(=O)O)c2Cl)C1. The van der Waals surface area contributed by atoms with Gasteiger partial charge in [-0.25, -0.2) is 13.2 Å². The molecule has 1 heterocycles. The largest absolute Gasteiger partial charge is 0.478 e. The van der Waals surface area contributed by atoms with E-state index in [1.165, 1.54) is 10.4 Å². The van der Waals surface area contributed by atoms with Crippen LogP contribution < -0.4 is 5.73 Å². The fourth-order valence-corrected chi connectivity index (χ4v) is 4.66. The Morgan fingerprint density at radius 2 is 2.10 bits per heavy atom. The Kier molecular flexibility index (Phi) is 4.79. The molecule has 6 nitrogen and oxygen atoms in total. The third-order valence-electron chi connectivity index (χ3n) is 3.43. The van der Waals surface area contributed by atoms with Gasteiger partial charge in [0.25, 0.3) is 0 Å². The molecule has 0 aromatic heterocycles. The van der Waals surface area contributed by atoms with Crippen molar-refractivity contribution in [2.75, 3.05) is 19.6 Å². The maximum absolute atomic E-state index is 12.6. The molecule has 0 saturated carbocycles. The van der Waals surface area contributed by atoms with E-state index in [4.69, 9.17) is 34.0 Å². The number of hydrogen-bond donors (Lipinski definition) is 2. The van der Waals surface area contributed by atoms with E-state index in [2.05, 4.69) is 0 Å². The molecule has 116 valence electrons. The van der Waals surface area contributed by atoms with E-state index in [1.54, 1.807) is 0 Å². The Labute approximate surface area is 132 Å². The van der Waals surface area contributed by atoms with Crippen LogP contribution in [0.3, 0.4) is 0 Å². The zero-order valence-corrected chi connectivity index (χ0v) is 13.2. The second kappa shape index (κ2) is 6.10. The van der Waals surface area contributed by atoms with Gasteiger partial charge in [-0.1, -0.05) is 23.2 Å². The number of carboxylic acid groups (broad SMARTS) is 1. The van der Waals surface area contributed by atoms with Crippen LogP contribution in [-0.2, 0) is 10.0 Å². The number of nitrogens with zero attached hydrogens (tertiary/aromatic N) is 1. The number of rotatable bonds is 4. The number of hydrogen-bond acceptors (Lipinski definition) is 4. The van der Waals surface area contributed by atoms with Crippen molar-refractivity contribution in [2.45, 2.75) is 11.3 Å². The number of carboxylic acids is 1. The molecule has 0 amide bonds. The first-order valence-electron chi connectivity index (χ1n) is 6.20. The summed E-state index contributed by atoms with van der Waals surface area (Å²) < 4.78 is 26.4. The lowest BCUT2D eigenvalue weighted by Crippen LogP contribution is -2.30. The quantitative estimate of drug-likeness (QED) is 0.857. The summed E-state index contributed by atoms with van der Waals surface area (Å²) in [6, 6.07) is 2.29. The average molecular weight is 353 g/mol. The highest BCUT2D eigenvalue weighted by Crippen LogP contribution is 2.33. The van der Waals surface area contributed by atoms with Crippen LogP contribution in [-0.4, -0.2) is 43.4 Å². The molecule has 1 aliphatic heterocycles. The van der Waals surface area contributed by atoms with E-state index in [9.17, 15) is 13.2 Å². The van der Waals surface area contributed by atoms with E-state index < -0.39 is 16.0 Å². The molecule has 0 spiro atoms. The lowest BCUT2D eigenvalue weighted by Gasteiger charge is -2.18. The van der Waals surface area contributed by atoms with Gasteiger partial charge in [0.2, 0.25) is 10.0 Å². The van der Waals surface area contributed by atoms with Crippen LogP contribution in [0.15, 0.2) is 17.0 Å². The third kappa shape index (κ3) is 3.17. The molecule has 21 heavy (non-hydrogen) atoms. The summed E-state index contributed by atoms with van der Waals surface area (Å²) in [5.41, 5.74) is 5.21. The van der Waals surface area contributed by atoms with Crippen LogP contribution in [0.1, 0.15) is 16.8 Å². The summed E-state index contributed by atoms with van der Waals surface area (Å²) in [4.78, 5) is 10.8. The minimum Gasteiger partial charge on any atom is -0.478 e. The second-order valence-electron chi connectivity index (χ2n) is 4.82. The fourth-order valence-electron chi connectivity index (χ4n) is 2.25. The number of aromatic carboxylic acids is 1. The van der Waals surface area contributed by atoms with Gasteiger partial charge in [0, 0.05) is 18.1 Å². The minimum atomic E-state index is -3.89. The zero-order chi connectivity index (χ0) is 15.8. The monoisotopic (exact) mass is 352 g/mol. The van der Waals surface area contributed by atoms with Crippen molar-refractivity contribution in [3.8, 4) is 0 Å². The Hall–Kier alpha value is -0.860. The lowest BCUT2D eigenvalue weighted by atomic mass is 10.1. The Bertz CT molecular complexity index is 678. The molecule has 9 heteroatoms. The highest BCUT2D eigenvalue weighted by atomic mass is 35.5. The zero-order valence-electron chi connectivity index (χ0n) is 10.9. The van der Waals surface area contributed by atoms with Gasteiger partial charge in [0.15, 0.2) is 0 Å². The first-order chi connectivity index (χ1) is 9.77. The van der Waals surface area contributed by atoms with Crippen LogP contribution >= 0.6 is 23.2 Å². The maximum atomic E-state index is 12.6.